The summed E-state index contributed by atoms with van der Waals surface area (Å²) in [5.74, 6) is -0.379. The zero-order valence-corrected chi connectivity index (χ0v) is 9.27. The number of amides is 2. The summed E-state index contributed by atoms with van der Waals surface area (Å²) in [7, 11) is 0. The fourth-order valence-electron chi connectivity index (χ4n) is 1.77. The van der Waals surface area contributed by atoms with E-state index in [1.54, 1.807) is 18.2 Å². The smallest absolute Gasteiger partial charge is 0.229 e. The summed E-state index contributed by atoms with van der Waals surface area (Å²) in [6.45, 7) is 0.359. The third-order valence-corrected chi connectivity index (χ3v) is 2.80. The number of benzene rings is 1. The molecule has 1 atom stereocenters. The highest BCUT2D eigenvalue weighted by Crippen LogP contribution is 2.23. The average Bonchev–Trinajstić information content (AvgIpc) is 2.33. The molecule has 0 saturated carbocycles. The molecule has 0 radical (unpaired) electrons. The van der Waals surface area contributed by atoms with E-state index in [0.717, 1.165) is 0 Å². The minimum absolute atomic E-state index is 0.0170. The van der Waals surface area contributed by atoms with Crippen molar-refractivity contribution in [3.8, 4) is 5.75 Å². The van der Waals surface area contributed by atoms with Gasteiger partial charge >= 0.3 is 0 Å². The van der Waals surface area contributed by atoms with Gasteiger partial charge in [0.25, 0.3) is 0 Å². The van der Waals surface area contributed by atoms with Gasteiger partial charge in [0.2, 0.25) is 11.8 Å². The number of phenolic OH excluding ortho intramolecular Hbond substituents is 1. The zero-order chi connectivity index (χ0) is 12.3. The molecule has 5 heteroatoms. The van der Waals surface area contributed by atoms with Gasteiger partial charge < -0.3 is 15.7 Å². The van der Waals surface area contributed by atoms with Crippen molar-refractivity contribution in [3.63, 3.8) is 0 Å². The number of carbonyl (C=O) groups is 2. The number of anilines is 1. The van der Waals surface area contributed by atoms with Crippen LogP contribution in [0, 0.1) is 5.92 Å². The third-order valence-electron chi connectivity index (χ3n) is 2.80. The molecule has 0 aromatic heterocycles. The van der Waals surface area contributed by atoms with E-state index in [9.17, 15) is 14.7 Å². The highest BCUT2D eigenvalue weighted by atomic mass is 16.3. The Hall–Kier alpha value is -2.04. The second-order valence-corrected chi connectivity index (χ2v) is 4.05. The fraction of sp³-hybridized carbons (Fsp3) is 0.333. The quantitative estimate of drug-likeness (QED) is 0.664. The molecule has 1 fully saturated rings. The maximum absolute atomic E-state index is 11.9. The van der Waals surface area contributed by atoms with Crippen LogP contribution in [0.3, 0.4) is 0 Å². The molecule has 1 aromatic rings. The first kappa shape index (κ1) is 11.4. The number of carbonyl (C=O) groups excluding carboxylic acids is 2. The number of para-hydroxylation sites is 2. The molecule has 1 saturated heterocycles. The Morgan fingerprint density at radius 1 is 1.41 bits per heavy atom. The second kappa shape index (κ2) is 4.86. The van der Waals surface area contributed by atoms with Gasteiger partial charge in [0.15, 0.2) is 0 Å². The molecule has 90 valence electrons. The number of hydrogen-bond acceptors (Lipinski definition) is 3. The fourth-order valence-corrected chi connectivity index (χ4v) is 1.77. The summed E-state index contributed by atoms with van der Waals surface area (Å²) < 4.78 is 0. The van der Waals surface area contributed by atoms with Gasteiger partial charge in [0.1, 0.15) is 5.75 Å². The Labute approximate surface area is 98.8 Å². The minimum atomic E-state index is -0.229. The molecule has 1 unspecified atom stereocenters. The lowest BCUT2D eigenvalue weighted by atomic mass is 9.98. The number of piperidine rings is 1. The van der Waals surface area contributed by atoms with E-state index in [1.165, 1.54) is 6.07 Å². The molecular weight excluding hydrogens is 220 g/mol. The lowest BCUT2D eigenvalue weighted by Crippen LogP contribution is -2.40. The Balaban J connectivity index is 1.98. The van der Waals surface area contributed by atoms with Crippen LogP contribution in [0.2, 0.25) is 0 Å². The molecule has 17 heavy (non-hydrogen) atoms. The molecule has 1 aliphatic heterocycles. The van der Waals surface area contributed by atoms with Crippen molar-refractivity contribution in [1.29, 1.82) is 0 Å². The lowest BCUT2D eigenvalue weighted by molar-refractivity contribution is -0.126. The van der Waals surface area contributed by atoms with Crippen molar-refractivity contribution in [2.45, 2.75) is 12.8 Å². The minimum Gasteiger partial charge on any atom is -0.506 e. The summed E-state index contributed by atoms with van der Waals surface area (Å²) in [5.41, 5.74) is 0.398. The van der Waals surface area contributed by atoms with E-state index in [-0.39, 0.29) is 23.5 Å². The molecular formula is C12H14N2O3. The number of hydrogen-bond donors (Lipinski definition) is 3. The Bertz CT molecular complexity index is 435. The van der Waals surface area contributed by atoms with E-state index >= 15 is 0 Å². The van der Waals surface area contributed by atoms with Crippen molar-refractivity contribution in [1.82, 2.24) is 5.32 Å². The normalized spacial score (nSPS) is 19.5. The van der Waals surface area contributed by atoms with Crippen LogP contribution in [0.15, 0.2) is 24.3 Å². The molecule has 2 rings (SSSR count). The van der Waals surface area contributed by atoms with Gasteiger partial charge in [-0.1, -0.05) is 12.1 Å². The van der Waals surface area contributed by atoms with E-state index in [2.05, 4.69) is 10.6 Å². The molecule has 0 bridgehead atoms. The van der Waals surface area contributed by atoms with E-state index < -0.39 is 0 Å². The average molecular weight is 234 g/mol. The Morgan fingerprint density at radius 3 is 2.82 bits per heavy atom. The molecule has 1 aromatic carbocycles. The van der Waals surface area contributed by atoms with Gasteiger partial charge in [-0.25, -0.2) is 0 Å². The zero-order valence-electron chi connectivity index (χ0n) is 9.27. The van der Waals surface area contributed by atoms with Gasteiger partial charge in [0.05, 0.1) is 11.6 Å². The molecule has 1 aliphatic rings. The highest BCUT2D eigenvalue weighted by molar-refractivity contribution is 5.95. The largest absolute Gasteiger partial charge is 0.506 e. The van der Waals surface area contributed by atoms with Crippen molar-refractivity contribution in [2.24, 2.45) is 5.92 Å². The van der Waals surface area contributed by atoms with Crippen LogP contribution in [0.25, 0.3) is 0 Å². The number of aromatic hydroxyl groups is 1. The summed E-state index contributed by atoms with van der Waals surface area (Å²) in [4.78, 5) is 22.8. The second-order valence-electron chi connectivity index (χ2n) is 4.05. The molecule has 5 nitrogen and oxygen atoms in total. The Kier molecular flexibility index (Phi) is 3.27. The van der Waals surface area contributed by atoms with Crippen LogP contribution in [0.5, 0.6) is 5.75 Å². The van der Waals surface area contributed by atoms with Crippen LogP contribution >= 0.6 is 0 Å². The summed E-state index contributed by atoms with van der Waals surface area (Å²) >= 11 is 0. The van der Waals surface area contributed by atoms with Crippen LogP contribution < -0.4 is 10.6 Å². The standard InChI is InChI=1S/C12H14N2O3/c15-10-4-2-1-3-9(10)14-12(17)8-5-6-11(16)13-7-8/h1-4,8,15H,5-7H2,(H,13,16)(H,14,17). The SMILES string of the molecule is O=C1CCC(C(=O)Nc2ccccc2O)CN1. The molecule has 0 aliphatic carbocycles. The van der Waals surface area contributed by atoms with Crippen LogP contribution in [0.1, 0.15) is 12.8 Å². The van der Waals surface area contributed by atoms with Gasteiger partial charge in [-0.3, -0.25) is 9.59 Å². The molecule has 3 N–H and O–H groups in total. The predicted octanol–water partition coefficient (Wildman–Crippen LogP) is 0.857. The molecule has 0 spiro atoms. The first-order valence-electron chi connectivity index (χ1n) is 5.52. The maximum atomic E-state index is 11.9. The van der Waals surface area contributed by atoms with Gasteiger partial charge in [-0.2, -0.15) is 0 Å². The summed E-state index contributed by atoms with van der Waals surface area (Å²) in [6, 6.07) is 6.57. The molecule has 2 amide bonds. The third kappa shape index (κ3) is 2.75. The monoisotopic (exact) mass is 234 g/mol. The van der Waals surface area contributed by atoms with Gasteiger partial charge in [0, 0.05) is 13.0 Å². The topological polar surface area (TPSA) is 78.4 Å². The number of phenols is 1. The van der Waals surface area contributed by atoms with Gasteiger partial charge in [-0.15, -0.1) is 0 Å². The highest BCUT2D eigenvalue weighted by Gasteiger charge is 2.24. The first-order valence-corrected chi connectivity index (χ1v) is 5.52. The molecule has 1 heterocycles. The van der Waals surface area contributed by atoms with E-state index in [1.807, 2.05) is 0 Å². The van der Waals surface area contributed by atoms with Crippen molar-refractivity contribution >= 4 is 17.5 Å². The lowest BCUT2D eigenvalue weighted by Gasteiger charge is -2.21. The van der Waals surface area contributed by atoms with Crippen LogP contribution in [-0.2, 0) is 9.59 Å². The van der Waals surface area contributed by atoms with E-state index in [0.29, 0.717) is 25.1 Å². The summed E-state index contributed by atoms with van der Waals surface area (Å²) in [5, 5.41) is 14.8. The first-order chi connectivity index (χ1) is 8.16. The van der Waals surface area contributed by atoms with Crippen LogP contribution in [0.4, 0.5) is 5.69 Å². The summed E-state index contributed by atoms with van der Waals surface area (Å²) in [6.07, 6.45) is 0.921. The maximum Gasteiger partial charge on any atom is 0.229 e. The van der Waals surface area contributed by atoms with Crippen molar-refractivity contribution in [3.05, 3.63) is 24.3 Å². The van der Waals surface area contributed by atoms with Gasteiger partial charge in [-0.05, 0) is 18.6 Å². The number of nitrogens with one attached hydrogen (secondary N) is 2. The predicted molar refractivity (Wildman–Crippen MR) is 62.5 cm³/mol. The van der Waals surface area contributed by atoms with Crippen molar-refractivity contribution < 1.29 is 14.7 Å². The number of rotatable bonds is 2. The van der Waals surface area contributed by atoms with E-state index in [4.69, 9.17) is 0 Å². The van der Waals surface area contributed by atoms with Crippen molar-refractivity contribution in [2.75, 3.05) is 11.9 Å². The van der Waals surface area contributed by atoms with Crippen LogP contribution in [-0.4, -0.2) is 23.5 Å². The Morgan fingerprint density at radius 2 is 2.18 bits per heavy atom.